The summed E-state index contributed by atoms with van der Waals surface area (Å²) in [6, 6.07) is 9.38. The number of ether oxygens (including phenoxy) is 1. The van der Waals surface area contributed by atoms with Crippen LogP contribution < -0.4 is 0 Å². The van der Waals surface area contributed by atoms with Crippen molar-refractivity contribution in [3.63, 3.8) is 0 Å². The molecule has 0 saturated heterocycles. The van der Waals surface area contributed by atoms with Crippen molar-refractivity contribution in [2.24, 2.45) is 0 Å². The van der Waals surface area contributed by atoms with E-state index in [0.717, 1.165) is 5.56 Å². The zero-order valence-corrected chi connectivity index (χ0v) is 11.1. The van der Waals surface area contributed by atoms with Crippen LogP contribution in [-0.4, -0.2) is 18.2 Å². The molecule has 2 aromatic rings. The van der Waals surface area contributed by atoms with E-state index in [9.17, 15) is 4.79 Å². The molecule has 0 spiro atoms. The van der Waals surface area contributed by atoms with Crippen molar-refractivity contribution < 1.29 is 14.1 Å². The van der Waals surface area contributed by atoms with Crippen LogP contribution in [0.2, 0.25) is 0 Å². The lowest BCUT2D eigenvalue weighted by atomic mass is 10.1. The predicted molar refractivity (Wildman–Crippen MR) is 69.4 cm³/mol. The highest BCUT2D eigenvalue weighted by atomic mass is 16.5. The molecule has 4 heteroatoms. The van der Waals surface area contributed by atoms with Crippen molar-refractivity contribution in [2.45, 2.75) is 20.8 Å². The summed E-state index contributed by atoms with van der Waals surface area (Å²) in [6.07, 6.45) is 0. The molecule has 0 bridgehead atoms. The van der Waals surface area contributed by atoms with Crippen LogP contribution in [0.25, 0.3) is 11.3 Å². The summed E-state index contributed by atoms with van der Waals surface area (Å²) >= 11 is 0. The third-order valence-corrected chi connectivity index (χ3v) is 2.30. The van der Waals surface area contributed by atoms with Crippen molar-refractivity contribution >= 4 is 5.97 Å². The molecule has 0 saturated carbocycles. The van der Waals surface area contributed by atoms with E-state index < -0.39 is 5.97 Å². The van der Waals surface area contributed by atoms with Crippen molar-refractivity contribution in [1.82, 2.24) is 5.16 Å². The standard InChI is InChI=1S/C12H11NO3.C2H6/c1-8-10(12(14)15-2)11(13-16-8)9-6-4-3-5-7-9;1-2/h3-7H,1-2H3;1-2H3. The first-order valence-electron chi connectivity index (χ1n) is 5.84. The molecule has 4 nitrogen and oxygen atoms in total. The Hall–Kier alpha value is -2.10. The smallest absolute Gasteiger partial charge is 0.343 e. The second-order valence-electron chi connectivity index (χ2n) is 3.32. The van der Waals surface area contributed by atoms with Gasteiger partial charge in [0.1, 0.15) is 17.0 Å². The highest BCUT2D eigenvalue weighted by molar-refractivity contribution is 5.96. The third-order valence-electron chi connectivity index (χ3n) is 2.30. The van der Waals surface area contributed by atoms with Crippen molar-refractivity contribution in [3.8, 4) is 11.3 Å². The summed E-state index contributed by atoms with van der Waals surface area (Å²) in [6.45, 7) is 5.69. The van der Waals surface area contributed by atoms with Crippen LogP contribution in [0.5, 0.6) is 0 Å². The van der Waals surface area contributed by atoms with E-state index in [1.165, 1.54) is 7.11 Å². The predicted octanol–water partition coefficient (Wildman–Crippen LogP) is 3.46. The molecule has 0 fully saturated rings. The van der Waals surface area contributed by atoms with E-state index in [1.807, 2.05) is 44.2 Å². The number of nitrogens with zero attached hydrogens (tertiary/aromatic N) is 1. The van der Waals surface area contributed by atoms with Crippen molar-refractivity contribution in [1.29, 1.82) is 0 Å². The number of rotatable bonds is 2. The normalized spacial score (nSPS) is 9.33. The number of esters is 1. The highest BCUT2D eigenvalue weighted by Gasteiger charge is 2.21. The lowest BCUT2D eigenvalue weighted by Gasteiger charge is -1.99. The summed E-state index contributed by atoms with van der Waals surface area (Å²) in [4.78, 5) is 11.6. The molecule has 96 valence electrons. The molecule has 0 aliphatic carbocycles. The number of benzene rings is 1. The van der Waals surface area contributed by atoms with Gasteiger partial charge in [-0.15, -0.1) is 0 Å². The van der Waals surface area contributed by atoms with Gasteiger partial charge in [0.05, 0.1) is 7.11 Å². The lowest BCUT2D eigenvalue weighted by Crippen LogP contribution is -2.03. The number of carbonyl (C=O) groups excluding carboxylic acids is 1. The minimum absolute atomic E-state index is 0.383. The highest BCUT2D eigenvalue weighted by Crippen LogP contribution is 2.25. The molecular weight excluding hydrogens is 230 g/mol. The molecular formula is C14H17NO3. The van der Waals surface area contributed by atoms with Crippen LogP contribution in [0.1, 0.15) is 30.0 Å². The summed E-state index contributed by atoms with van der Waals surface area (Å²) in [5.74, 6) is 0.0308. The van der Waals surface area contributed by atoms with Crippen LogP contribution >= 0.6 is 0 Å². The molecule has 1 heterocycles. The molecule has 1 aromatic carbocycles. The van der Waals surface area contributed by atoms with Gasteiger partial charge in [0.15, 0.2) is 0 Å². The van der Waals surface area contributed by atoms with Gasteiger partial charge in [-0.25, -0.2) is 4.79 Å². The van der Waals surface area contributed by atoms with Gasteiger partial charge in [-0.1, -0.05) is 49.3 Å². The Morgan fingerprint density at radius 2 is 1.83 bits per heavy atom. The van der Waals surface area contributed by atoms with Crippen LogP contribution in [0.4, 0.5) is 0 Å². The molecule has 2 rings (SSSR count). The quantitative estimate of drug-likeness (QED) is 0.762. The molecule has 0 radical (unpaired) electrons. The van der Waals surface area contributed by atoms with Gasteiger partial charge < -0.3 is 9.26 Å². The Kier molecular flexibility index (Phi) is 5.11. The third kappa shape index (κ3) is 2.77. The van der Waals surface area contributed by atoms with Crippen LogP contribution in [0.3, 0.4) is 0 Å². The second kappa shape index (κ2) is 6.59. The van der Waals surface area contributed by atoms with E-state index in [-0.39, 0.29) is 0 Å². The summed E-state index contributed by atoms with van der Waals surface area (Å²) in [5, 5.41) is 3.88. The number of hydrogen-bond donors (Lipinski definition) is 0. The van der Waals surface area contributed by atoms with Crippen LogP contribution in [-0.2, 0) is 4.74 Å². The summed E-state index contributed by atoms with van der Waals surface area (Å²) in [7, 11) is 1.34. The van der Waals surface area contributed by atoms with E-state index in [1.54, 1.807) is 6.92 Å². The zero-order valence-electron chi connectivity index (χ0n) is 11.1. The van der Waals surface area contributed by atoms with Gasteiger partial charge in [0.25, 0.3) is 0 Å². The largest absolute Gasteiger partial charge is 0.465 e. The fourth-order valence-corrected chi connectivity index (χ4v) is 1.51. The fourth-order valence-electron chi connectivity index (χ4n) is 1.51. The maximum absolute atomic E-state index is 11.6. The summed E-state index contributed by atoms with van der Waals surface area (Å²) < 4.78 is 9.72. The molecule has 1 aromatic heterocycles. The molecule has 0 aliphatic heterocycles. The van der Waals surface area contributed by atoms with Crippen LogP contribution in [0.15, 0.2) is 34.9 Å². The Morgan fingerprint density at radius 3 is 2.39 bits per heavy atom. The molecule has 0 atom stereocenters. The topological polar surface area (TPSA) is 52.3 Å². The zero-order chi connectivity index (χ0) is 13.5. The summed E-state index contributed by atoms with van der Waals surface area (Å²) in [5.41, 5.74) is 1.73. The first-order valence-corrected chi connectivity index (χ1v) is 5.84. The monoisotopic (exact) mass is 247 g/mol. The van der Waals surface area contributed by atoms with Gasteiger partial charge in [-0.2, -0.15) is 0 Å². The minimum Gasteiger partial charge on any atom is -0.465 e. The SMILES string of the molecule is CC.COC(=O)c1c(-c2ccccc2)noc1C. The Balaban J connectivity index is 0.000000771. The van der Waals surface area contributed by atoms with E-state index in [2.05, 4.69) is 5.16 Å². The van der Waals surface area contributed by atoms with E-state index in [4.69, 9.17) is 9.26 Å². The Labute approximate surface area is 107 Å². The number of aromatic nitrogens is 1. The molecule has 0 N–H and O–H groups in total. The Bertz CT molecular complexity index is 503. The molecule has 0 unspecified atom stereocenters. The fraction of sp³-hybridized carbons (Fsp3) is 0.286. The van der Waals surface area contributed by atoms with Gasteiger partial charge in [-0.05, 0) is 6.92 Å². The number of hydrogen-bond acceptors (Lipinski definition) is 4. The maximum atomic E-state index is 11.6. The Morgan fingerprint density at radius 1 is 1.22 bits per heavy atom. The van der Waals surface area contributed by atoms with Gasteiger partial charge >= 0.3 is 5.97 Å². The van der Waals surface area contributed by atoms with E-state index >= 15 is 0 Å². The molecule has 18 heavy (non-hydrogen) atoms. The lowest BCUT2D eigenvalue weighted by molar-refractivity contribution is 0.0599. The minimum atomic E-state index is -0.433. The molecule has 0 aliphatic rings. The van der Waals surface area contributed by atoms with E-state index in [0.29, 0.717) is 17.0 Å². The first-order chi connectivity index (χ1) is 8.74. The second-order valence-corrected chi connectivity index (χ2v) is 3.32. The van der Waals surface area contributed by atoms with Gasteiger partial charge in [0.2, 0.25) is 0 Å². The van der Waals surface area contributed by atoms with Gasteiger partial charge in [-0.3, -0.25) is 0 Å². The molecule has 0 amide bonds. The average Bonchev–Trinajstić information content (AvgIpc) is 2.83. The first kappa shape index (κ1) is 14.0. The number of carbonyl (C=O) groups is 1. The van der Waals surface area contributed by atoms with Gasteiger partial charge in [0, 0.05) is 5.56 Å². The number of aryl methyl sites for hydroxylation is 1. The average molecular weight is 247 g/mol. The number of methoxy groups -OCH3 is 1. The van der Waals surface area contributed by atoms with Crippen LogP contribution in [0, 0.1) is 6.92 Å². The maximum Gasteiger partial charge on any atom is 0.343 e. The van der Waals surface area contributed by atoms with Crippen molar-refractivity contribution in [3.05, 3.63) is 41.7 Å². The van der Waals surface area contributed by atoms with Crippen molar-refractivity contribution in [2.75, 3.05) is 7.11 Å².